The number of benzene rings is 2. The van der Waals surface area contributed by atoms with Crippen LogP contribution >= 0.6 is 0 Å². The number of piperidine rings is 1. The van der Waals surface area contributed by atoms with Gasteiger partial charge in [0.15, 0.2) is 5.78 Å². The van der Waals surface area contributed by atoms with Crippen LogP contribution in [0.1, 0.15) is 89.5 Å². The molecule has 1 N–H and O–H groups in total. The maximum atomic E-state index is 13.4. The topological polar surface area (TPSA) is 69.7 Å². The average molecular weight is 500 g/mol. The van der Waals surface area contributed by atoms with Crippen molar-refractivity contribution in [2.45, 2.75) is 89.6 Å². The van der Waals surface area contributed by atoms with Crippen LogP contribution in [0.3, 0.4) is 0 Å². The van der Waals surface area contributed by atoms with Gasteiger partial charge in [-0.1, -0.05) is 18.2 Å². The Morgan fingerprint density at radius 3 is 2.35 bits per heavy atom. The first-order chi connectivity index (χ1) is 18.1. The van der Waals surface area contributed by atoms with Gasteiger partial charge in [0, 0.05) is 49.8 Å². The maximum Gasteiger partial charge on any atom is 0.322 e. The van der Waals surface area contributed by atoms with Crippen molar-refractivity contribution in [3.05, 3.63) is 63.7 Å². The molecule has 194 valence electrons. The van der Waals surface area contributed by atoms with E-state index in [0.29, 0.717) is 19.6 Å². The molecule has 2 heterocycles. The number of urea groups is 1. The molecule has 4 aliphatic rings. The molecule has 1 saturated heterocycles. The molecule has 3 amide bonds. The highest BCUT2D eigenvalue weighted by Crippen LogP contribution is 2.35. The van der Waals surface area contributed by atoms with Crippen LogP contribution in [-0.4, -0.2) is 46.7 Å². The Labute approximate surface area is 219 Å². The van der Waals surface area contributed by atoms with Gasteiger partial charge >= 0.3 is 6.03 Å². The van der Waals surface area contributed by atoms with Crippen molar-refractivity contribution in [1.82, 2.24) is 9.80 Å². The van der Waals surface area contributed by atoms with Gasteiger partial charge in [-0.25, -0.2) is 4.79 Å². The second-order valence-corrected chi connectivity index (χ2v) is 11.2. The lowest BCUT2D eigenvalue weighted by Crippen LogP contribution is -2.51. The number of para-hydroxylation sites is 1. The summed E-state index contributed by atoms with van der Waals surface area (Å²) >= 11 is 0. The van der Waals surface area contributed by atoms with Crippen LogP contribution in [0.5, 0.6) is 0 Å². The third-order valence-electron chi connectivity index (χ3n) is 8.97. The highest BCUT2D eigenvalue weighted by atomic mass is 16.2. The SMILES string of the molecule is O=C(CCC(=O)N1CCC(N2Cc3ccccc3NC2=O)CC1)c1cc2c(c3c1CCCC3)CCCC2. The number of anilines is 1. The van der Waals surface area contributed by atoms with Gasteiger partial charge in [-0.15, -0.1) is 0 Å². The lowest BCUT2D eigenvalue weighted by Gasteiger charge is -2.40. The molecule has 1 fully saturated rings. The number of rotatable bonds is 5. The molecule has 0 atom stereocenters. The van der Waals surface area contributed by atoms with Crippen molar-refractivity contribution < 1.29 is 14.4 Å². The Bertz CT molecular complexity index is 1230. The zero-order valence-electron chi connectivity index (χ0n) is 21.7. The fourth-order valence-electron chi connectivity index (χ4n) is 6.94. The van der Waals surface area contributed by atoms with Crippen molar-refractivity contribution in [1.29, 1.82) is 0 Å². The Morgan fingerprint density at radius 2 is 1.54 bits per heavy atom. The number of Topliss-reactive ketones (excluding diaryl/α,β-unsaturated/α-hetero) is 1. The van der Waals surface area contributed by atoms with Gasteiger partial charge in [-0.3, -0.25) is 9.59 Å². The number of ketones is 1. The van der Waals surface area contributed by atoms with Crippen LogP contribution in [-0.2, 0) is 37.0 Å². The standard InChI is InChI=1S/C31H37N3O3/c35-29(27-19-21-7-1-3-9-24(21)25-10-4-5-11-26(25)27)13-14-30(36)33-17-15-23(16-18-33)34-20-22-8-2-6-12-28(22)32-31(34)37/h2,6,8,12,19,23H,1,3-5,7,9-11,13-18,20H2,(H,32,37). The Hall–Kier alpha value is -3.15. The van der Waals surface area contributed by atoms with Crippen molar-refractivity contribution >= 4 is 23.4 Å². The molecule has 37 heavy (non-hydrogen) atoms. The van der Waals surface area contributed by atoms with Crippen LogP contribution in [0.4, 0.5) is 10.5 Å². The van der Waals surface area contributed by atoms with Crippen molar-refractivity contribution in [2.75, 3.05) is 18.4 Å². The van der Waals surface area contributed by atoms with E-state index in [1.165, 1.54) is 41.5 Å². The molecular formula is C31H37N3O3. The molecule has 6 rings (SSSR count). The summed E-state index contributed by atoms with van der Waals surface area (Å²) in [4.78, 5) is 42.9. The predicted octanol–water partition coefficient (Wildman–Crippen LogP) is 5.45. The van der Waals surface area contributed by atoms with E-state index in [0.717, 1.165) is 61.8 Å². The minimum Gasteiger partial charge on any atom is -0.343 e. The highest BCUT2D eigenvalue weighted by Gasteiger charge is 2.33. The average Bonchev–Trinajstić information content (AvgIpc) is 2.95. The van der Waals surface area contributed by atoms with E-state index in [1.807, 2.05) is 28.0 Å². The van der Waals surface area contributed by atoms with Gasteiger partial charge in [0.05, 0.1) is 0 Å². The van der Waals surface area contributed by atoms with Gasteiger partial charge < -0.3 is 15.1 Å². The molecule has 2 aromatic rings. The lowest BCUT2D eigenvalue weighted by atomic mass is 9.77. The number of likely N-dealkylation sites (tertiary alicyclic amines) is 1. The first kappa shape index (κ1) is 24.2. The predicted molar refractivity (Wildman–Crippen MR) is 144 cm³/mol. The van der Waals surface area contributed by atoms with E-state index >= 15 is 0 Å². The number of carbonyl (C=O) groups is 3. The van der Waals surface area contributed by atoms with Gasteiger partial charge in [0.1, 0.15) is 0 Å². The first-order valence-electron chi connectivity index (χ1n) is 14.2. The molecule has 0 radical (unpaired) electrons. The van der Waals surface area contributed by atoms with Crippen LogP contribution in [0.2, 0.25) is 0 Å². The quantitative estimate of drug-likeness (QED) is 0.557. The van der Waals surface area contributed by atoms with Crippen LogP contribution in [0, 0.1) is 0 Å². The maximum absolute atomic E-state index is 13.4. The first-order valence-corrected chi connectivity index (χ1v) is 14.2. The summed E-state index contributed by atoms with van der Waals surface area (Å²) in [7, 11) is 0. The van der Waals surface area contributed by atoms with Gasteiger partial charge in [0.25, 0.3) is 0 Å². The molecule has 0 unspecified atom stereocenters. The van der Waals surface area contributed by atoms with E-state index < -0.39 is 0 Å². The summed E-state index contributed by atoms with van der Waals surface area (Å²) in [6.45, 7) is 1.88. The van der Waals surface area contributed by atoms with E-state index in [9.17, 15) is 14.4 Å². The van der Waals surface area contributed by atoms with Crippen LogP contribution in [0.25, 0.3) is 0 Å². The number of aryl methyl sites for hydroxylation is 1. The second-order valence-electron chi connectivity index (χ2n) is 11.2. The summed E-state index contributed by atoms with van der Waals surface area (Å²) in [6.07, 6.45) is 11.3. The summed E-state index contributed by atoms with van der Waals surface area (Å²) in [5.41, 5.74) is 8.58. The zero-order valence-corrected chi connectivity index (χ0v) is 21.7. The molecule has 0 bridgehead atoms. The fraction of sp³-hybridized carbons (Fsp3) is 0.516. The van der Waals surface area contributed by atoms with Crippen LogP contribution in [0.15, 0.2) is 30.3 Å². The lowest BCUT2D eigenvalue weighted by molar-refractivity contribution is -0.132. The Morgan fingerprint density at radius 1 is 0.838 bits per heavy atom. The van der Waals surface area contributed by atoms with Gasteiger partial charge in [-0.05, 0) is 104 Å². The third kappa shape index (κ3) is 4.78. The van der Waals surface area contributed by atoms with Crippen molar-refractivity contribution in [3.8, 4) is 0 Å². The van der Waals surface area contributed by atoms with Gasteiger partial charge in [0.2, 0.25) is 5.91 Å². The van der Waals surface area contributed by atoms with Crippen molar-refractivity contribution in [2.24, 2.45) is 0 Å². The Balaban J connectivity index is 1.06. The van der Waals surface area contributed by atoms with Crippen molar-refractivity contribution in [3.63, 3.8) is 0 Å². The minimum absolute atomic E-state index is 0.0533. The second kappa shape index (κ2) is 10.3. The molecule has 6 heteroatoms. The minimum atomic E-state index is -0.0533. The smallest absolute Gasteiger partial charge is 0.322 e. The summed E-state index contributed by atoms with van der Waals surface area (Å²) in [5.74, 6) is 0.200. The number of amides is 3. The number of carbonyl (C=O) groups excluding carboxylic acids is 3. The molecule has 6 nitrogen and oxygen atoms in total. The monoisotopic (exact) mass is 499 g/mol. The number of fused-ring (bicyclic) bond motifs is 4. The molecule has 2 aliphatic heterocycles. The van der Waals surface area contributed by atoms with Crippen LogP contribution < -0.4 is 5.32 Å². The summed E-state index contributed by atoms with van der Waals surface area (Å²) < 4.78 is 0. The summed E-state index contributed by atoms with van der Waals surface area (Å²) in [5, 5.41) is 3.00. The number of hydrogen-bond acceptors (Lipinski definition) is 3. The zero-order chi connectivity index (χ0) is 25.4. The summed E-state index contributed by atoms with van der Waals surface area (Å²) in [6, 6.07) is 10.2. The van der Waals surface area contributed by atoms with Gasteiger partial charge in [-0.2, -0.15) is 0 Å². The number of nitrogens with zero attached hydrogens (tertiary/aromatic N) is 2. The molecule has 0 aromatic heterocycles. The van der Waals surface area contributed by atoms with E-state index in [2.05, 4.69) is 17.4 Å². The van der Waals surface area contributed by atoms with E-state index in [4.69, 9.17) is 0 Å². The highest BCUT2D eigenvalue weighted by molar-refractivity contribution is 6.00. The molecule has 2 aromatic carbocycles. The fourth-order valence-corrected chi connectivity index (χ4v) is 6.94. The normalized spacial score (nSPS) is 19.5. The molecule has 0 spiro atoms. The number of hydrogen-bond donors (Lipinski definition) is 1. The number of nitrogens with one attached hydrogen (secondary N) is 1. The molecule has 0 saturated carbocycles. The molecule has 2 aliphatic carbocycles. The van der Waals surface area contributed by atoms with E-state index in [1.54, 1.807) is 0 Å². The molecular weight excluding hydrogens is 462 g/mol. The van der Waals surface area contributed by atoms with E-state index in [-0.39, 0.29) is 36.6 Å². The third-order valence-corrected chi connectivity index (χ3v) is 8.97. The Kier molecular flexibility index (Phi) is 6.74. The largest absolute Gasteiger partial charge is 0.343 e.